The van der Waals surface area contributed by atoms with E-state index in [4.69, 9.17) is 11.6 Å². The van der Waals surface area contributed by atoms with Crippen molar-refractivity contribution in [1.82, 2.24) is 4.90 Å². The van der Waals surface area contributed by atoms with Crippen molar-refractivity contribution in [3.05, 3.63) is 70.5 Å². The monoisotopic (exact) mass is 321 g/mol. The molecule has 0 saturated carbocycles. The molecule has 0 spiro atoms. The molecule has 2 rings (SSSR count). The van der Waals surface area contributed by atoms with Crippen LogP contribution >= 0.6 is 11.6 Å². The van der Waals surface area contributed by atoms with Crippen molar-refractivity contribution < 1.29 is 14.3 Å². The molecule has 116 valence electrons. The summed E-state index contributed by atoms with van der Waals surface area (Å²) in [6.45, 7) is -0.0692. The molecule has 3 nitrogen and oxygen atoms in total. The highest BCUT2D eigenvalue weighted by molar-refractivity contribution is 6.30. The quantitative estimate of drug-likeness (QED) is 0.912. The van der Waals surface area contributed by atoms with E-state index in [2.05, 4.69) is 0 Å². The average molecular weight is 322 g/mol. The van der Waals surface area contributed by atoms with Gasteiger partial charge in [-0.25, -0.2) is 4.39 Å². The van der Waals surface area contributed by atoms with Crippen LogP contribution in [0.15, 0.2) is 48.5 Å². The van der Waals surface area contributed by atoms with Gasteiger partial charge in [0.15, 0.2) is 0 Å². The van der Waals surface area contributed by atoms with E-state index in [1.54, 1.807) is 7.05 Å². The summed E-state index contributed by atoms with van der Waals surface area (Å²) in [5.41, 5.74) is 0.854. The third-order valence-corrected chi connectivity index (χ3v) is 3.77. The molecular weight excluding hydrogens is 305 g/mol. The zero-order valence-electron chi connectivity index (χ0n) is 12.2. The molecule has 0 fully saturated rings. The normalized spacial score (nSPS) is 12.0. The van der Waals surface area contributed by atoms with E-state index in [0.717, 1.165) is 11.6 Å². The number of hydrogen-bond acceptors (Lipinski definition) is 2. The lowest BCUT2D eigenvalue weighted by Gasteiger charge is -2.28. The van der Waals surface area contributed by atoms with Gasteiger partial charge in [-0.05, 0) is 30.2 Å². The third-order valence-electron chi connectivity index (χ3n) is 3.54. The van der Waals surface area contributed by atoms with Crippen LogP contribution in [0.3, 0.4) is 0 Å². The molecule has 0 aliphatic heterocycles. The number of aliphatic hydroxyl groups is 1. The maximum Gasteiger partial charge on any atom is 0.257 e. The van der Waals surface area contributed by atoms with Gasteiger partial charge in [0.1, 0.15) is 5.82 Å². The van der Waals surface area contributed by atoms with Gasteiger partial charge in [0.05, 0.1) is 11.6 Å². The Kier molecular flexibility index (Phi) is 5.52. The summed E-state index contributed by atoms with van der Waals surface area (Å²) in [6.07, 6.45) is 0.376. The summed E-state index contributed by atoms with van der Waals surface area (Å²) in [7, 11) is 1.60. The molecule has 1 amide bonds. The second-order valence-electron chi connectivity index (χ2n) is 4.98. The van der Waals surface area contributed by atoms with Gasteiger partial charge >= 0.3 is 0 Å². The average Bonchev–Trinajstić information content (AvgIpc) is 2.52. The Hall–Kier alpha value is -1.91. The second kappa shape index (κ2) is 7.38. The number of carbonyl (C=O) groups is 1. The van der Waals surface area contributed by atoms with Crippen LogP contribution in [0.2, 0.25) is 5.02 Å². The van der Waals surface area contributed by atoms with E-state index in [1.165, 1.54) is 17.0 Å². The minimum atomic E-state index is -0.653. The number of nitrogens with zero attached hydrogens (tertiary/aromatic N) is 1. The summed E-state index contributed by atoms with van der Waals surface area (Å²) >= 11 is 5.71. The van der Waals surface area contributed by atoms with Gasteiger partial charge < -0.3 is 10.0 Å². The summed E-state index contributed by atoms with van der Waals surface area (Å²) < 4.78 is 13.9. The molecule has 0 aliphatic carbocycles. The lowest BCUT2D eigenvalue weighted by Crippen LogP contribution is -2.32. The van der Waals surface area contributed by atoms with Crippen LogP contribution in [0, 0.1) is 5.82 Å². The van der Waals surface area contributed by atoms with Crippen molar-refractivity contribution in [3.8, 4) is 0 Å². The smallest absolute Gasteiger partial charge is 0.257 e. The van der Waals surface area contributed by atoms with Crippen molar-refractivity contribution in [2.45, 2.75) is 12.5 Å². The van der Waals surface area contributed by atoms with E-state index in [9.17, 15) is 14.3 Å². The highest BCUT2D eigenvalue weighted by atomic mass is 35.5. The molecule has 22 heavy (non-hydrogen) atoms. The van der Waals surface area contributed by atoms with Crippen LogP contribution in [0.5, 0.6) is 0 Å². The minimum Gasteiger partial charge on any atom is -0.396 e. The molecule has 0 bridgehead atoms. The molecular formula is C17H17ClFNO2. The highest BCUT2D eigenvalue weighted by Crippen LogP contribution is 2.25. The zero-order chi connectivity index (χ0) is 16.1. The number of carbonyl (C=O) groups excluding carboxylic acids is 1. The molecule has 0 saturated heterocycles. The van der Waals surface area contributed by atoms with E-state index >= 15 is 0 Å². The van der Waals surface area contributed by atoms with Crippen LogP contribution in [-0.2, 0) is 0 Å². The summed E-state index contributed by atoms with van der Waals surface area (Å²) in [5, 5.41) is 9.50. The van der Waals surface area contributed by atoms with Gasteiger partial charge in [-0.2, -0.15) is 0 Å². The Balaban J connectivity index is 2.30. The first kappa shape index (κ1) is 16.5. The fourth-order valence-corrected chi connectivity index (χ4v) is 2.53. The molecule has 1 unspecified atom stereocenters. The van der Waals surface area contributed by atoms with Crippen molar-refractivity contribution in [1.29, 1.82) is 0 Å². The Labute approximate surface area is 133 Å². The molecule has 5 heteroatoms. The standard InChI is InChI=1S/C17H17ClFNO2/c1-20(16(9-10-21)12-5-3-2-4-6-12)17(22)14-8-7-13(18)11-15(14)19/h2-8,11,16,21H,9-10H2,1H3. The maximum absolute atomic E-state index is 13.9. The lowest BCUT2D eigenvalue weighted by molar-refractivity contribution is 0.0700. The zero-order valence-corrected chi connectivity index (χ0v) is 12.9. The number of halogens is 2. The molecule has 2 aromatic carbocycles. The molecule has 1 N–H and O–H groups in total. The second-order valence-corrected chi connectivity index (χ2v) is 5.42. The summed E-state index contributed by atoms with van der Waals surface area (Å²) in [6, 6.07) is 13.0. The topological polar surface area (TPSA) is 40.5 Å². The summed E-state index contributed by atoms with van der Waals surface area (Å²) in [5.74, 6) is -1.10. The summed E-state index contributed by atoms with van der Waals surface area (Å²) in [4.78, 5) is 14.0. The van der Waals surface area contributed by atoms with Gasteiger partial charge in [0.25, 0.3) is 5.91 Å². The Bertz CT molecular complexity index is 648. The predicted octanol–water partition coefficient (Wildman–Crippen LogP) is 3.67. The van der Waals surface area contributed by atoms with E-state index in [-0.39, 0.29) is 23.2 Å². The van der Waals surface area contributed by atoms with Crippen LogP contribution in [0.1, 0.15) is 28.4 Å². The SMILES string of the molecule is CN(C(=O)c1ccc(Cl)cc1F)C(CCO)c1ccccc1. The fraction of sp³-hybridized carbons (Fsp3) is 0.235. The largest absolute Gasteiger partial charge is 0.396 e. The van der Waals surface area contributed by atoms with Crippen molar-refractivity contribution >= 4 is 17.5 Å². The number of aliphatic hydroxyl groups excluding tert-OH is 1. The molecule has 0 heterocycles. The highest BCUT2D eigenvalue weighted by Gasteiger charge is 2.24. The van der Waals surface area contributed by atoms with Crippen molar-refractivity contribution in [3.63, 3.8) is 0 Å². The third kappa shape index (κ3) is 3.64. The lowest BCUT2D eigenvalue weighted by atomic mass is 10.0. The minimum absolute atomic E-state index is 0.0363. The van der Waals surface area contributed by atoms with Crippen LogP contribution in [-0.4, -0.2) is 29.6 Å². The van der Waals surface area contributed by atoms with Crippen LogP contribution in [0.4, 0.5) is 4.39 Å². The molecule has 0 aliphatic rings. The van der Waals surface area contributed by atoms with Gasteiger partial charge in [0.2, 0.25) is 0 Å². The Morgan fingerprint density at radius 1 is 1.27 bits per heavy atom. The van der Waals surface area contributed by atoms with E-state index < -0.39 is 11.7 Å². The Morgan fingerprint density at radius 2 is 1.95 bits per heavy atom. The fourth-order valence-electron chi connectivity index (χ4n) is 2.38. The first-order valence-corrected chi connectivity index (χ1v) is 7.30. The number of amides is 1. The maximum atomic E-state index is 13.9. The predicted molar refractivity (Wildman–Crippen MR) is 84.4 cm³/mol. The number of hydrogen-bond donors (Lipinski definition) is 1. The first-order chi connectivity index (χ1) is 10.5. The van der Waals surface area contributed by atoms with Crippen LogP contribution in [0.25, 0.3) is 0 Å². The van der Waals surface area contributed by atoms with Crippen molar-refractivity contribution in [2.75, 3.05) is 13.7 Å². The van der Waals surface area contributed by atoms with Gasteiger partial charge in [-0.1, -0.05) is 41.9 Å². The van der Waals surface area contributed by atoms with Gasteiger partial charge in [-0.3, -0.25) is 4.79 Å². The van der Waals surface area contributed by atoms with E-state index in [0.29, 0.717) is 6.42 Å². The number of benzene rings is 2. The van der Waals surface area contributed by atoms with Crippen molar-refractivity contribution in [2.24, 2.45) is 0 Å². The molecule has 2 aromatic rings. The molecule has 0 aromatic heterocycles. The first-order valence-electron chi connectivity index (χ1n) is 6.92. The molecule has 1 atom stereocenters. The Morgan fingerprint density at radius 3 is 2.55 bits per heavy atom. The van der Waals surface area contributed by atoms with E-state index in [1.807, 2.05) is 30.3 Å². The molecule has 0 radical (unpaired) electrons. The van der Waals surface area contributed by atoms with Gasteiger partial charge in [0, 0.05) is 18.7 Å². The van der Waals surface area contributed by atoms with Crippen LogP contribution < -0.4 is 0 Å². The van der Waals surface area contributed by atoms with Gasteiger partial charge in [-0.15, -0.1) is 0 Å². The number of rotatable bonds is 5.